The highest BCUT2D eigenvalue weighted by atomic mass is 32.2. The molecule has 1 amide bonds. The zero-order valence-corrected chi connectivity index (χ0v) is 23.7. The molecule has 2 aliphatic rings. The number of sulfone groups is 1. The maximum absolute atomic E-state index is 13.1. The Kier molecular flexibility index (Phi) is 6.75. The number of aryl methyl sites for hydroxylation is 1. The molecule has 0 spiro atoms. The van der Waals surface area contributed by atoms with Crippen LogP contribution in [0.3, 0.4) is 0 Å². The summed E-state index contributed by atoms with van der Waals surface area (Å²) < 4.78 is 36.6. The highest BCUT2D eigenvalue weighted by Gasteiger charge is 2.66. The number of β-lactam (4-membered cyclic amide) rings is 1. The van der Waals surface area contributed by atoms with Crippen molar-refractivity contribution in [3.63, 3.8) is 0 Å². The summed E-state index contributed by atoms with van der Waals surface area (Å²) in [4.78, 5) is 43.9. The van der Waals surface area contributed by atoms with Crippen LogP contribution in [0.5, 0.6) is 5.75 Å². The molecule has 0 bridgehead atoms. The third-order valence-corrected chi connectivity index (χ3v) is 9.63. The lowest BCUT2D eigenvalue weighted by Gasteiger charge is -2.50. The number of ether oxygens (including phenoxy) is 2. The first-order valence-electron chi connectivity index (χ1n) is 12.3. The topological polar surface area (TPSA) is 165 Å². The third-order valence-electron chi connectivity index (χ3n) is 7.37. The number of carboxylic acid groups (broad SMARTS) is 1. The van der Waals surface area contributed by atoms with Crippen LogP contribution in [0.4, 0.5) is 4.79 Å². The van der Waals surface area contributed by atoms with Crippen LogP contribution >= 0.6 is 11.3 Å². The largest absolute Gasteiger partial charge is 0.513 e. The van der Waals surface area contributed by atoms with E-state index in [1.54, 1.807) is 31.3 Å². The van der Waals surface area contributed by atoms with Gasteiger partial charge in [0.2, 0.25) is 5.91 Å². The Bertz CT molecular complexity index is 1690. The number of nitrogens with zero attached hydrogens (tertiary/aromatic N) is 3. The van der Waals surface area contributed by atoms with Crippen molar-refractivity contribution in [3.8, 4) is 5.75 Å². The fourth-order valence-electron chi connectivity index (χ4n) is 5.63. The van der Waals surface area contributed by atoms with Crippen molar-refractivity contribution in [1.82, 2.24) is 14.3 Å². The summed E-state index contributed by atoms with van der Waals surface area (Å²) in [5.74, 6) is -2.45. The van der Waals surface area contributed by atoms with E-state index in [1.807, 2.05) is 13.0 Å². The Balaban J connectivity index is 1.52. The van der Waals surface area contributed by atoms with Crippen molar-refractivity contribution in [2.45, 2.75) is 44.4 Å². The van der Waals surface area contributed by atoms with Gasteiger partial charge in [0.15, 0.2) is 14.9 Å². The zero-order valence-electron chi connectivity index (χ0n) is 22.0. The molecule has 2 aromatic heterocycles. The third kappa shape index (κ3) is 4.45. The van der Waals surface area contributed by atoms with E-state index in [2.05, 4.69) is 4.98 Å². The molecule has 0 saturated carbocycles. The standard InChI is InChI=1S/C26H27N3O9S2/c1-13-6-5-7-15(10-13)38-25(34)37-9-8-26(3)18(16-11-28-12-27-21(23(28)39-16)40(4,35)36)19(24(32)33)29-20(26)17(14(2)30)22(29)31/h5-7,10-12,14,17,20,30H,8-9H2,1-4H3,(H,32,33)/t14?,17-,20-,26+/m1/s1. The smallest absolute Gasteiger partial charge is 0.477 e. The number of carboxylic acids is 1. The number of imidazole rings is 1. The Morgan fingerprint density at radius 2 is 2.02 bits per heavy atom. The molecule has 12 nitrogen and oxygen atoms in total. The molecule has 0 radical (unpaired) electrons. The van der Waals surface area contributed by atoms with Gasteiger partial charge in [-0.25, -0.2) is 23.0 Å². The van der Waals surface area contributed by atoms with Crippen molar-refractivity contribution in [1.29, 1.82) is 0 Å². The Morgan fingerprint density at radius 3 is 2.65 bits per heavy atom. The molecule has 14 heteroatoms. The van der Waals surface area contributed by atoms with E-state index in [-0.39, 0.29) is 29.3 Å². The van der Waals surface area contributed by atoms with Crippen molar-refractivity contribution in [3.05, 3.63) is 52.9 Å². The first kappa shape index (κ1) is 27.8. The van der Waals surface area contributed by atoms with Gasteiger partial charge in [0.05, 0.1) is 29.5 Å². The normalized spacial score (nSPS) is 23.2. The molecule has 1 saturated heterocycles. The number of hydrogen-bond donors (Lipinski definition) is 2. The summed E-state index contributed by atoms with van der Waals surface area (Å²) >= 11 is 1.03. The first-order chi connectivity index (χ1) is 18.7. The molecule has 1 aromatic carbocycles. The van der Waals surface area contributed by atoms with E-state index in [0.717, 1.165) is 23.2 Å². The molecule has 0 aliphatic carbocycles. The van der Waals surface area contributed by atoms with Crippen LogP contribution in [0, 0.1) is 18.3 Å². The van der Waals surface area contributed by atoms with Gasteiger partial charge >= 0.3 is 12.1 Å². The van der Waals surface area contributed by atoms with Crippen LogP contribution in [-0.4, -0.2) is 76.0 Å². The Morgan fingerprint density at radius 1 is 1.30 bits per heavy atom. The number of benzene rings is 1. The fraction of sp³-hybridized carbons (Fsp3) is 0.385. The average molecular weight is 590 g/mol. The number of amides is 1. The summed E-state index contributed by atoms with van der Waals surface area (Å²) in [5.41, 5.74) is -0.171. The highest BCUT2D eigenvalue weighted by molar-refractivity contribution is 7.91. The predicted octanol–water partition coefficient (Wildman–Crippen LogP) is 2.74. The molecule has 40 heavy (non-hydrogen) atoms. The van der Waals surface area contributed by atoms with Gasteiger partial charge in [0.1, 0.15) is 22.6 Å². The van der Waals surface area contributed by atoms with Gasteiger partial charge < -0.3 is 24.6 Å². The van der Waals surface area contributed by atoms with Gasteiger partial charge in [0.25, 0.3) is 0 Å². The Labute approximate surface area is 233 Å². The molecule has 1 fully saturated rings. The summed E-state index contributed by atoms with van der Waals surface area (Å²) in [6.07, 6.45) is 2.00. The number of carbonyl (C=O) groups is 3. The molecule has 3 aromatic rings. The lowest BCUT2D eigenvalue weighted by Crippen LogP contribution is -2.66. The maximum atomic E-state index is 13.1. The molecule has 4 heterocycles. The average Bonchev–Trinajstić information content (AvgIpc) is 3.47. The second-order valence-electron chi connectivity index (χ2n) is 10.3. The van der Waals surface area contributed by atoms with Crippen LogP contribution in [0.15, 0.2) is 47.5 Å². The lowest BCUT2D eigenvalue weighted by molar-refractivity contribution is -0.167. The second-order valence-corrected chi connectivity index (χ2v) is 13.2. The summed E-state index contributed by atoms with van der Waals surface area (Å²) in [6, 6.07) is 6.12. The molecule has 4 atom stereocenters. The van der Waals surface area contributed by atoms with E-state index in [9.17, 15) is 33.0 Å². The number of aromatic nitrogens is 2. The van der Waals surface area contributed by atoms with Crippen LogP contribution in [0.2, 0.25) is 0 Å². The maximum Gasteiger partial charge on any atom is 0.513 e. The van der Waals surface area contributed by atoms with Crippen molar-refractivity contribution >= 4 is 49.6 Å². The molecule has 2 aliphatic heterocycles. The van der Waals surface area contributed by atoms with Crippen LogP contribution in [0.25, 0.3) is 10.4 Å². The van der Waals surface area contributed by atoms with Gasteiger partial charge in [-0.15, -0.1) is 11.3 Å². The summed E-state index contributed by atoms with van der Waals surface area (Å²) in [6.45, 7) is 4.88. The number of thiazole rings is 1. The number of rotatable bonds is 8. The minimum Gasteiger partial charge on any atom is -0.477 e. The van der Waals surface area contributed by atoms with E-state index in [1.165, 1.54) is 22.6 Å². The summed E-state index contributed by atoms with van der Waals surface area (Å²) in [5, 5.41) is 20.5. The fourth-order valence-corrected chi connectivity index (χ4v) is 8.02. The first-order valence-corrected chi connectivity index (χ1v) is 15.0. The molecule has 1 unspecified atom stereocenters. The number of aliphatic hydroxyl groups excluding tert-OH is 1. The number of aliphatic carboxylic acids is 1. The van der Waals surface area contributed by atoms with Crippen LogP contribution in [0.1, 0.15) is 30.7 Å². The van der Waals surface area contributed by atoms with Crippen LogP contribution in [-0.2, 0) is 24.2 Å². The predicted molar refractivity (Wildman–Crippen MR) is 142 cm³/mol. The summed E-state index contributed by atoms with van der Waals surface area (Å²) in [7, 11) is -3.67. The quantitative estimate of drug-likeness (QED) is 0.227. The highest BCUT2D eigenvalue weighted by Crippen LogP contribution is 2.60. The van der Waals surface area contributed by atoms with Gasteiger partial charge in [-0.3, -0.25) is 9.20 Å². The SMILES string of the molecule is Cc1cccc(OC(=O)OCC[C@@]2(C)C(c3cn4cnc(S(C)(=O)=O)c4s3)=C(C(=O)O)N3C(=O)[C@H](C(C)O)[C@@H]32)c1. The molecular formula is C26H27N3O9S2. The number of hydrogen-bond acceptors (Lipinski definition) is 10. The van der Waals surface area contributed by atoms with E-state index in [4.69, 9.17) is 9.47 Å². The molecule has 212 valence electrons. The van der Waals surface area contributed by atoms with Gasteiger partial charge in [-0.2, -0.15) is 0 Å². The lowest BCUT2D eigenvalue weighted by atomic mass is 9.66. The number of aliphatic hydroxyl groups is 1. The van der Waals surface area contributed by atoms with Gasteiger partial charge in [-0.1, -0.05) is 19.1 Å². The Hall–Kier alpha value is -3.75. The minimum absolute atomic E-state index is 0.0870. The monoisotopic (exact) mass is 589 g/mol. The number of fused-ring (bicyclic) bond motifs is 2. The second kappa shape index (κ2) is 9.71. The van der Waals surface area contributed by atoms with Crippen molar-refractivity contribution in [2.24, 2.45) is 11.3 Å². The van der Waals surface area contributed by atoms with E-state index in [0.29, 0.717) is 15.5 Å². The van der Waals surface area contributed by atoms with E-state index < -0.39 is 51.3 Å². The molecular weight excluding hydrogens is 562 g/mol. The van der Waals surface area contributed by atoms with E-state index >= 15 is 0 Å². The van der Waals surface area contributed by atoms with Crippen molar-refractivity contribution < 1.29 is 42.5 Å². The zero-order chi connectivity index (χ0) is 29.1. The van der Waals surface area contributed by atoms with Crippen LogP contribution < -0.4 is 4.74 Å². The molecule has 5 rings (SSSR count). The van der Waals surface area contributed by atoms with Gasteiger partial charge in [0, 0.05) is 23.4 Å². The number of carbonyl (C=O) groups excluding carboxylic acids is 2. The van der Waals surface area contributed by atoms with Gasteiger partial charge in [-0.05, 0) is 38.0 Å². The minimum atomic E-state index is -3.67. The van der Waals surface area contributed by atoms with Crippen molar-refractivity contribution in [2.75, 3.05) is 12.9 Å². The molecule has 2 N–H and O–H groups in total.